The summed E-state index contributed by atoms with van der Waals surface area (Å²) in [6.07, 6.45) is -6.69. The van der Waals surface area contributed by atoms with Gasteiger partial charge in [0.05, 0.1) is 6.61 Å². The van der Waals surface area contributed by atoms with Crippen molar-refractivity contribution in [3.63, 3.8) is 0 Å². The van der Waals surface area contributed by atoms with Crippen molar-refractivity contribution in [3.05, 3.63) is 12.5 Å². The Hall–Kier alpha value is -2.59. The predicted octanol–water partition coefficient (Wildman–Crippen LogP) is 2.62. The Morgan fingerprint density at radius 2 is 1.50 bits per heavy atom. The SMILES string of the molecule is CCOC(=O)OC(C)(F)F.O=C(O)O/C=C/OC(=O)O. The van der Waals surface area contributed by atoms with Crippen LogP contribution in [0.3, 0.4) is 0 Å². The molecule has 0 rings (SSSR count). The normalized spacial score (nSPS) is 10.0. The van der Waals surface area contributed by atoms with Crippen LogP contribution in [-0.2, 0) is 18.9 Å². The first-order chi connectivity index (χ1) is 9.08. The van der Waals surface area contributed by atoms with Crippen LogP contribution in [0.2, 0.25) is 0 Å². The first-order valence-electron chi connectivity index (χ1n) is 4.76. The zero-order valence-corrected chi connectivity index (χ0v) is 10.4. The lowest BCUT2D eigenvalue weighted by molar-refractivity contribution is -0.196. The van der Waals surface area contributed by atoms with E-state index in [1.165, 1.54) is 6.92 Å². The second-order valence-electron chi connectivity index (χ2n) is 2.63. The van der Waals surface area contributed by atoms with Crippen molar-refractivity contribution in [2.75, 3.05) is 6.61 Å². The van der Waals surface area contributed by atoms with E-state index in [0.717, 1.165) is 0 Å². The maximum Gasteiger partial charge on any atom is 0.512 e. The number of hydrogen-bond donors (Lipinski definition) is 2. The maximum atomic E-state index is 11.8. The molecule has 0 aromatic heterocycles. The largest absolute Gasteiger partial charge is 0.512 e. The van der Waals surface area contributed by atoms with Gasteiger partial charge in [0.15, 0.2) is 0 Å². The van der Waals surface area contributed by atoms with Crippen molar-refractivity contribution in [2.24, 2.45) is 0 Å². The zero-order chi connectivity index (χ0) is 16.2. The summed E-state index contributed by atoms with van der Waals surface area (Å²) in [6, 6.07) is 0. The summed E-state index contributed by atoms with van der Waals surface area (Å²) in [5.74, 6) is 0. The van der Waals surface area contributed by atoms with E-state index < -0.39 is 24.6 Å². The molecule has 0 aromatic carbocycles. The highest BCUT2D eigenvalue weighted by atomic mass is 19.3. The van der Waals surface area contributed by atoms with Crippen LogP contribution in [-0.4, -0.2) is 41.4 Å². The van der Waals surface area contributed by atoms with Crippen LogP contribution in [0, 0.1) is 0 Å². The number of hydrogen-bond acceptors (Lipinski definition) is 7. The standard InChI is InChI=1S/C5H8F2O3.C4H4O6/c1-3-9-4(8)10-5(2,6)7;5-3(6)9-1-2-10-4(7)8/h3H2,1-2H3;1-2H,(H,5,6)(H,7,8)/b;2-1+. The summed E-state index contributed by atoms with van der Waals surface area (Å²) in [5, 5.41) is 15.6. The van der Waals surface area contributed by atoms with Gasteiger partial charge in [-0.25, -0.2) is 14.4 Å². The van der Waals surface area contributed by atoms with Gasteiger partial charge in [0.25, 0.3) is 0 Å². The molecule has 0 saturated heterocycles. The van der Waals surface area contributed by atoms with Crippen molar-refractivity contribution >= 4 is 18.5 Å². The van der Waals surface area contributed by atoms with E-state index in [0.29, 0.717) is 19.4 Å². The van der Waals surface area contributed by atoms with Gasteiger partial charge in [0.2, 0.25) is 0 Å². The van der Waals surface area contributed by atoms with E-state index in [2.05, 4.69) is 18.9 Å². The molecule has 0 aliphatic carbocycles. The first-order valence-corrected chi connectivity index (χ1v) is 4.76. The number of carbonyl (C=O) groups is 3. The predicted molar refractivity (Wildman–Crippen MR) is 56.1 cm³/mol. The molecular weight excluding hydrogens is 290 g/mol. The number of carboxylic acid groups (broad SMARTS) is 2. The molecule has 0 bridgehead atoms. The maximum absolute atomic E-state index is 11.8. The van der Waals surface area contributed by atoms with Gasteiger partial charge in [-0.05, 0) is 6.92 Å². The van der Waals surface area contributed by atoms with Crippen molar-refractivity contribution in [1.82, 2.24) is 0 Å². The Morgan fingerprint density at radius 3 is 1.75 bits per heavy atom. The second kappa shape index (κ2) is 10.3. The smallest absolute Gasteiger partial charge is 0.449 e. The van der Waals surface area contributed by atoms with Gasteiger partial charge in [0.1, 0.15) is 12.5 Å². The molecule has 0 unspecified atom stereocenters. The summed E-state index contributed by atoms with van der Waals surface area (Å²) in [7, 11) is 0. The highest BCUT2D eigenvalue weighted by Gasteiger charge is 2.27. The van der Waals surface area contributed by atoms with E-state index >= 15 is 0 Å². The van der Waals surface area contributed by atoms with Crippen molar-refractivity contribution < 1.29 is 52.3 Å². The molecule has 0 atom stereocenters. The molecule has 0 saturated carbocycles. The monoisotopic (exact) mass is 302 g/mol. The fraction of sp³-hybridized carbons (Fsp3) is 0.444. The van der Waals surface area contributed by atoms with Gasteiger partial charge in [-0.15, -0.1) is 0 Å². The first kappa shape index (κ1) is 19.7. The van der Waals surface area contributed by atoms with Gasteiger partial charge >= 0.3 is 24.6 Å². The molecule has 0 amide bonds. The summed E-state index contributed by atoms with van der Waals surface area (Å²) < 4.78 is 38.6. The third-order valence-corrected chi connectivity index (χ3v) is 0.918. The van der Waals surface area contributed by atoms with E-state index in [1.807, 2.05) is 0 Å². The van der Waals surface area contributed by atoms with Gasteiger partial charge in [0, 0.05) is 6.92 Å². The molecule has 0 spiro atoms. The molecule has 0 aliphatic rings. The lowest BCUT2D eigenvalue weighted by Gasteiger charge is -2.09. The van der Waals surface area contributed by atoms with Crippen LogP contribution in [0.15, 0.2) is 12.5 Å². The zero-order valence-electron chi connectivity index (χ0n) is 10.4. The summed E-state index contributed by atoms with van der Waals surface area (Å²) in [6.45, 7) is 1.98. The van der Waals surface area contributed by atoms with Crippen molar-refractivity contribution in [3.8, 4) is 0 Å². The fourth-order valence-corrected chi connectivity index (χ4v) is 0.466. The Morgan fingerprint density at radius 1 is 1.10 bits per heavy atom. The fourth-order valence-electron chi connectivity index (χ4n) is 0.466. The molecule has 0 aliphatic heterocycles. The van der Waals surface area contributed by atoms with E-state index in [-0.39, 0.29) is 6.61 Å². The van der Waals surface area contributed by atoms with Gasteiger partial charge in [-0.1, -0.05) is 0 Å². The Bertz CT molecular complexity index is 330. The molecule has 0 heterocycles. The molecule has 116 valence electrons. The second-order valence-corrected chi connectivity index (χ2v) is 2.63. The lowest BCUT2D eigenvalue weighted by Crippen LogP contribution is -2.21. The van der Waals surface area contributed by atoms with Crippen LogP contribution >= 0.6 is 0 Å². The van der Waals surface area contributed by atoms with Gasteiger partial charge in [-0.2, -0.15) is 8.78 Å². The Kier molecular flexibility index (Phi) is 10.2. The summed E-state index contributed by atoms with van der Waals surface area (Å²) in [5.41, 5.74) is 0. The minimum absolute atomic E-state index is 0.0227. The minimum Gasteiger partial charge on any atom is -0.449 e. The number of alkyl halides is 2. The Balaban J connectivity index is 0. The van der Waals surface area contributed by atoms with Crippen LogP contribution in [0.1, 0.15) is 13.8 Å². The molecule has 2 N–H and O–H groups in total. The van der Waals surface area contributed by atoms with E-state index in [1.54, 1.807) is 0 Å². The number of halogens is 2. The number of ether oxygens (including phenoxy) is 4. The minimum atomic E-state index is -3.45. The molecule has 11 heteroatoms. The van der Waals surface area contributed by atoms with E-state index in [4.69, 9.17) is 10.2 Å². The number of carbonyl (C=O) groups excluding carboxylic acids is 1. The topological polar surface area (TPSA) is 129 Å². The summed E-state index contributed by atoms with van der Waals surface area (Å²) in [4.78, 5) is 29.3. The molecule has 9 nitrogen and oxygen atoms in total. The molecule has 0 fully saturated rings. The molecular formula is C9H12F2O9. The highest BCUT2D eigenvalue weighted by molar-refractivity contribution is 5.60. The van der Waals surface area contributed by atoms with Gasteiger partial charge in [-0.3, -0.25) is 0 Å². The van der Waals surface area contributed by atoms with Crippen molar-refractivity contribution in [1.29, 1.82) is 0 Å². The average molecular weight is 302 g/mol. The Labute approximate surface area is 111 Å². The average Bonchev–Trinajstić information content (AvgIpc) is 2.22. The van der Waals surface area contributed by atoms with Crippen LogP contribution in [0.4, 0.5) is 23.2 Å². The molecule has 0 aromatic rings. The third kappa shape index (κ3) is 20.8. The van der Waals surface area contributed by atoms with Crippen LogP contribution < -0.4 is 0 Å². The lowest BCUT2D eigenvalue weighted by atomic mass is 10.7. The van der Waals surface area contributed by atoms with Crippen molar-refractivity contribution in [2.45, 2.75) is 20.0 Å². The third-order valence-electron chi connectivity index (χ3n) is 0.918. The highest BCUT2D eigenvalue weighted by Crippen LogP contribution is 2.13. The van der Waals surface area contributed by atoms with Crippen LogP contribution in [0.5, 0.6) is 0 Å². The quantitative estimate of drug-likeness (QED) is 0.457. The molecule has 0 radical (unpaired) electrons. The van der Waals surface area contributed by atoms with Crippen LogP contribution in [0.25, 0.3) is 0 Å². The van der Waals surface area contributed by atoms with E-state index in [9.17, 15) is 23.2 Å². The number of rotatable bonds is 4. The summed E-state index contributed by atoms with van der Waals surface area (Å²) >= 11 is 0. The molecule has 20 heavy (non-hydrogen) atoms. The van der Waals surface area contributed by atoms with Gasteiger partial charge < -0.3 is 29.2 Å².